The summed E-state index contributed by atoms with van der Waals surface area (Å²) in [6.07, 6.45) is 6.92. The lowest BCUT2D eigenvalue weighted by Gasteiger charge is -2.24. The summed E-state index contributed by atoms with van der Waals surface area (Å²) in [7, 11) is 1.58. The third-order valence-electron chi connectivity index (χ3n) is 7.55. The number of carbonyl (C=O) groups excluding carboxylic acids is 1. The van der Waals surface area contributed by atoms with Gasteiger partial charge in [0.15, 0.2) is 4.80 Å². The number of fused-ring (bicyclic) bond motifs is 1. The molecule has 0 saturated carbocycles. The number of ether oxygens (including phenoxy) is 3. The van der Waals surface area contributed by atoms with E-state index in [1.54, 1.807) is 41.5 Å². The zero-order valence-corrected chi connectivity index (χ0v) is 26.8. The van der Waals surface area contributed by atoms with Gasteiger partial charge in [-0.15, -0.1) is 0 Å². The van der Waals surface area contributed by atoms with Gasteiger partial charge in [-0.1, -0.05) is 67.0 Å². The van der Waals surface area contributed by atoms with Crippen molar-refractivity contribution in [1.29, 1.82) is 0 Å². The second kappa shape index (κ2) is 13.7. The molecule has 0 N–H and O–H groups in total. The Kier molecular flexibility index (Phi) is 9.12. The highest BCUT2D eigenvalue weighted by molar-refractivity contribution is 7.07. The monoisotopic (exact) mass is 644 g/mol. The normalized spacial score (nSPS) is 14.3. The largest absolute Gasteiger partial charge is 0.497 e. The average Bonchev–Trinajstić information content (AvgIpc) is 3.66. The van der Waals surface area contributed by atoms with Crippen LogP contribution in [-0.2, 0) is 9.53 Å². The van der Waals surface area contributed by atoms with E-state index in [0.29, 0.717) is 38.8 Å². The molecule has 9 nitrogen and oxygen atoms in total. The molecular formula is C37H32N4O5S. The van der Waals surface area contributed by atoms with Crippen LogP contribution in [0.15, 0.2) is 131 Å². The SMILES string of the molecule is C=CCOC(=O)C1=C(C)N=c2sc(=Cc3cn(-c4ccccc4)nc3-c3ccc(OCC=C)cc3)c(=O)n2C1c1ccc(OC)cc1. The molecule has 1 atom stereocenters. The Labute approximate surface area is 275 Å². The van der Waals surface area contributed by atoms with Gasteiger partial charge in [0.1, 0.15) is 30.4 Å². The number of allylic oxidation sites excluding steroid dienone is 1. The minimum Gasteiger partial charge on any atom is -0.497 e. The number of nitrogens with zero attached hydrogens (tertiary/aromatic N) is 4. The minimum atomic E-state index is -0.758. The van der Waals surface area contributed by atoms with Crippen LogP contribution in [0.3, 0.4) is 0 Å². The van der Waals surface area contributed by atoms with E-state index in [4.69, 9.17) is 24.3 Å². The first-order valence-electron chi connectivity index (χ1n) is 14.9. The highest BCUT2D eigenvalue weighted by Crippen LogP contribution is 2.32. The molecule has 3 heterocycles. The summed E-state index contributed by atoms with van der Waals surface area (Å²) in [6, 6.07) is 23.9. The van der Waals surface area contributed by atoms with Crippen molar-refractivity contribution in [2.45, 2.75) is 13.0 Å². The van der Waals surface area contributed by atoms with E-state index in [0.717, 1.165) is 22.4 Å². The first kappa shape index (κ1) is 31.3. The second-order valence-corrected chi connectivity index (χ2v) is 11.6. The lowest BCUT2D eigenvalue weighted by Crippen LogP contribution is -2.39. The van der Waals surface area contributed by atoms with Crippen molar-refractivity contribution < 1.29 is 19.0 Å². The number of hydrogen-bond acceptors (Lipinski definition) is 8. The van der Waals surface area contributed by atoms with Crippen LogP contribution in [0.2, 0.25) is 0 Å². The molecular weight excluding hydrogens is 612 g/mol. The van der Waals surface area contributed by atoms with Crippen molar-refractivity contribution in [3.05, 3.63) is 152 Å². The molecule has 10 heteroatoms. The number of hydrogen-bond donors (Lipinski definition) is 0. The van der Waals surface area contributed by atoms with Gasteiger partial charge in [0.05, 0.1) is 34.6 Å². The number of methoxy groups -OCH3 is 1. The molecule has 0 fully saturated rings. The van der Waals surface area contributed by atoms with Gasteiger partial charge >= 0.3 is 5.97 Å². The summed E-state index contributed by atoms with van der Waals surface area (Å²) < 4.78 is 20.3. The molecule has 47 heavy (non-hydrogen) atoms. The standard InChI is InChI=1S/C37H32N4O5S/c1-5-20-45-30-18-12-25(13-19-30)33-27(23-40(39-33)28-10-8-7-9-11-28)22-31-35(42)41-34(26-14-16-29(44-4)17-15-26)32(36(43)46-21-6-2)24(3)38-37(41)47-31/h5-19,22-23,34H,1-2,20-21H2,3-4H3. The van der Waals surface area contributed by atoms with Gasteiger partial charge in [-0.05, 0) is 67.1 Å². The highest BCUT2D eigenvalue weighted by atomic mass is 32.1. The highest BCUT2D eigenvalue weighted by Gasteiger charge is 2.33. The summed E-state index contributed by atoms with van der Waals surface area (Å²) in [5.41, 5.74) is 4.34. The topological polar surface area (TPSA) is 96.9 Å². The molecule has 236 valence electrons. The van der Waals surface area contributed by atoms with E-state index >= 15 is 0 Å². The summed E-state index contributed by atoms with van der Waals surface area (Å²) in [4.78, 5) is 32.8. The van der Waals surface area contributed by atoms with Gasteiger partial charge in [0.25, 0.3) is 5.56 Å². The molecule has 0 saturated heterocycles. The summed E-state index contributed by atoms with van der Waals surface area (Å²) >= 11 is 1.25. The van der Waals surface area contributed by atoms with E-state index in [1.807, 2.05) is 79.0 Å². The molecule has 0 aliphatic carbocycles. The summed E-state index contributed by atoms with van der Waals surface area (Å²) in [5.74, 6) is 0.802. The Morgan fingerprint density at radius 1 is 0.957 bits per heavy atom. The number of para-hydroxylation sites is 1. The predicted octanol–water partition coefficient (Wildman–Crippen LogP) is 5.39. The minimum absolute atomic E-state index is 0.0326. The van der Waals surface area contributed by atoms with Crippen molar-refractivity contribution in [3.63, 3.8) is 0 Å². The fourth-order valence-electron chi connectivity index (χ4n) is 5.33. The van der Waals surface area contributed by atoms with Gasteiger partial charge in [-0.25, -0.2) is 14.5 Å². The van der Waals surface area contributed by atoms with E-state index < -0.39 is 12.0 Å². The van der Waals surface area contributed by atoms with Gasteiger partial charge in [0, 0.05) is 17.3 Å². The zero-order valence-electron chi connectivity index (χ0n) is 26.0. The van der Waals surface area contributed by atoms with Crippen molar-refractivity contribution in [1.82, 2.24) is 14.3 Å². The Balaban J connectivity index is 1.51. The van der Waals surface area contributed by atoms with Gasteiger partial charge in [-0.3, -0.25) is 9.36 Å². The third kappa shape index (κ3) is 6.36. The number of aromatic nitrogens is 3. The van der Waals surface area contributed by atoms with E-state index in [2.05, 4.69) is 13.2 Å². The lowest BCUT2D eigenvalue weighted by atomic mass is 9.96. The average molecular weight is 645 g/mol. The molecule has 6 rings (SSSR count). The lowest BCUT2D eigenvalue weighted by molar-refractivity contribution is -0.138. The molecule has 5 aromatic rings. The molecule has 0 amide bonds. The maximum atomic E-state index is 14.3. The van der Waals surface area contributed by atoms with Crippen molar-refractivity contribution >= 4 is 23.4 Å². The molecule has 0 bridgehead atoms. The number of thiazole rings is 1. The van der Waals surface area contributed by atoms with E-state index in [1.165, 1.54) is 17.4 Å². The molecule has 3 aromatic carbocycles. The van der Waals surface area contributed by atoms with Crippen LogP contribution >= 0.6 is 11.3 Å². The Morgan fingerprint density at radius 2 is 1.66 bits per heavy atom. The quantitative estimate of drug-likeness (QED) is 0.141. The van der Waals surface area contributed by atoms with Crippen LogP contribution in [0.25, 0.3) is 23.0 Å². The molecule has 0 spiro atoms. The van der Waals surface area contributed by atoms with Gasteiger partial charge < -0.3 is 14.2 Å². The van der Waals surface area contributed by atoms with E-state index in [9.17, 15) is 9.59 Å². The molecule has 1 aliphatic rings. The fraction of sp³-hybridized carbons (Fsp3) is 0.135. The summed E-state index contributed by atoms with van der Waals surface area (Å²) in [5, 5.41) is 4.92. The van der Waals surface area contributed by atoms with Gasteiger partial charge in [-0.2, -0.15) is 5.10 Å². The predicted molar refractivity (Wildman–Crippen MR) is 183 cm³/mol. The Hall–Kier alpha value is -5.74. The first-order valence-corrected chi connectivity index (χ1v) is 15.7. The number of benzene rings is 3. The number of rotatable bonds is 11. The van der Waals surface area contributed by atoms with Crippen LogP contribution in [-0.4, -0.2) is 40.6 Å². The summed E-state index contributed by atoms with van der Waals surface area (Å²) in [6.45, 7) is 9.54. The molecule has 1 aliphatic heterocycles. The molecule has 2 aromatic heterocycles. The van der Waals surface area contributed by atoms with Crippen LogP contribution in [0.4, 0.5) is 0 Å². The second-order valence-electron chi connectivity index (χ2n) is 10.6. The van der Waals surface area contributed by atoms with Crippen LogP contribution in [0, 0.1) is 0 Å². The van der Waals surface area contributed by atoms with Crippen molar-refractivity contribution in [2.75, 3.05) is 20.3 Å². The molecule has 0 radical (unpaired) electrons. The van der Waals surface area contributed by atoms with Crippen LogP contribution in [0.5, 0.6) is 11.5 Å². The fourth-order valence-corrected chi connectivity index (χ4v) is 6.37. The van der Waals surface area contributed by atoms with Crippen molar-refractivity contribution in [3.8, 4) is 28.4 Å². The van der Waals surface area contributed by atoms with Crippen LogP contribution < -0.4 is 24.4 Å². The Morgan fingerprint density at radius 3 is 2.34 bits per heavy atom. The third-order valence-corrected chi connectivity index (χ3v) is 8.53. The number of esters is 1. The van der Waals surface area contributed by atoms with Gasteiger partial charge in [0.2, 0.25) is 0 Å². The smallest absolute Gasteiger partial charge is 0.338 e. The maximum absolute atomic E-state index is 14.3. The number of carbonyl (C=O) groups is 1. The van der Waals surface area contributed by atoms with Crippen molar-refractivity contribution in [2.24, 2.45) is 4.99 Å². The van der Waals surface area contributed by atoms with E-state index in [-0.39, 0.29) is 17.7 Å². The van der Waals surface area contributed by atoms with Crippen LogP contribution in [0.1, 0.15) is 24.1 Å². The Bertz CT molecular complexity index is 2160. The maximum Gasteiger partial charge on any atom is 0.338 e. The molecule has 1 unspecified atom stereocenters. The first-order chi connectivity index (χ1) is 22.9. The zero-order chi connectivity index (χ0) is 32.9.